The molecule has 0 aliphatic rings. The van der Waals surface area contributed by atoms with Gasteiger partial charge in [0.15, 0.2) is 0 Å². The van der Waals surface area contributed by atoms with Crippen molar-refractivity contribution in [1.82, 2.24) is 0 Å². The van der Waals surface area contributed by atoms with Crippen molar-refractivity contribution in [2.45, 2.75) is 6.92 Å². The number of furan rings is 1. The van der Waals surface area contributed by atoms with Gasteiger partial charge in [-0.1, -0.05) is 25.3 Å². The Bertz CT molecular complexity index is 1120. The van der Waals surface area contributed by atoms with Gasteiger partial charge in [0.25, 0.3) is 0 Å². The van der Waals surface area contributed by atoms with E-state index >= 15 is 0 Å². The molecule has 5 heteroatoms. The smallest absolute Gasteiger partial charge is 0.335 e. The Labute approximate surface area is 174 Å². The first-order chi connectivity index (χ1) is 14.5. The highest BCUT2D eigenvalue weighted by atomic mass is 16.5. The van der Waals surface area contributed by atoms with Crippen LogP contribution in [0, 0.1) is 6.92 Å². The van der Waals surface area contributed by atoms with Crippen molar-refractivity contribution in [3.63, 3.8) is 0 Å². The Morgan fingerprint density at radius 3 is 2.23 bits per heavy atom. The van der Waals surface area contributed by atoms with E-state index in [1.165, 1.54) is 0 Å². The second kappa shape index (κ2) is 9.39. The molecule has 3 rings (SSSR count). The Kier molecular flexibility index (Phi) is 6.45. The maximum absolute atomic E-state index is 11.3. The predicted molar refractivity (Wildman–Crippen MR) is 116 cm³/mol. The molecule has 0 saturated heterocycles. The molecule has 5 nitrogen and oxygen atoms in total. The Morgan fingerprint density at radius 1 is 0.867 bits per heavy atom. The van der Waals surface area contributed by atoms with Gasteiger partial charge in [-0.15, -0.1) is 0 Å². The number of hydrogen-bond acceptors (Lipinski definition) is 5. The summed E-state index contributed by atoms with van der Waals surface area (Å²) in [5.41, 5.74) is 2.64. The molecule has 0 radical (unpaired) electrons. The topological polar surface area (TPSA) is 65.7 Å². The molecule has 0 aliphatic carbocycles. The monoisotopic (exact) mass is 400 g/mol. The minimum Gasteiger partial charge on any atom is -0.457 e. The first-order valence-electron chi connectivity index (χ1n) is 9.16. The summed E-state index contributed by atoms with van der Waals surface area (Å²) in [6.07, 6.45) is 6.01. The molecule has 0 bridgehead atoms. The summed E-state index contributed by atoms with van der Waals surface area (Å²) in [5.74, 6) is 1.32. The minimum atomic E-state index is -0.504. The fourth-order valence-electron chi connectivity index (χ4n) is 2.66. The lowest BCUT2D eigenvalue weighted by molar-refractivity contribution is -0.129. The van der Waals surface area contributed by atoms with Crippen LogP contribution >= 0.6 is 0 Å². The second-order valence-corrected chi connectivity index (χ2v) is 6.34. The van der Waals surface area contributed by atoms with Crippen LogP contribution in [0.2, 0.25) is 0 Å². The number of ether oxygens (including phenoxy) is 2. The standard InChI is InChI=1S/C25H20O5/c1-4-24(26)29-21-11-8-19(9-12-21)23-15-13-20(28-23)10-6-18-7-14-22(17(3)16-18)30-25(27)5-2/h4-16H,1-2H2,3H3/b10-6+. The third-order valence-electron chi connectivity index (χ3n) is 4.17. The summed E-state index contributed by atoms with van der Waals surface area (Å²) in [6, 6.07) is 16.2. The fourth-order valence-corrected chi connectivity index (χ4v) is 2.66. The Morgan fingerprint density at radius 2 is 1.57 bits per heavy atom. The fraction of sp³-hybridized carbons (Fsp3) is 0.0400. The van der Waals surface area contributed by atoms with Crippen LogP contribution in [0.3, 0.4) is 0 Å². The van der Waals surface area contributed by atoms with Crippen molar-refractivity contribution >= 4 is 24.1 Å². The highest BCUT2D eigenvalue weighted by Gasteiger charge is 2.06. The van der Waals surface area contributed by atoms with E-state index in [0.29, 0.717) is 23.0 Å². The van der Waals surface area contributed by atoms with E-state index in [1.807, 2.05) is 55.5 Å². The lowest BCUT2D eigenvalue weighted by Gasteiger charge is -2.06. The number of carbonyl (C=O) groups is 2. The second-order valence-electron chi connectivity index (χ2n) is 6.34. The van der Waals surface area contributed by atoms with Gasteiger partial charge in [-0.2, -0.15) is 0 Å². The van der Waals surface area contributed by atoms with Crippen molar-refractivity contribution in [3.05, 3.63) is 96.8 Å². The van der Waals surface area contributed by atoms with Gasteiger partial charge in [0, 0.05) is 17.7 Å². The molecule has 0 fully saturated rings. The zero-order valence-electron chi connectivity index (χ0n) is 16.5. The number of rotatable bonds is 7. The summed E-state index contributed by atoms with van der Waals surface area (Å²) in [5, 5.41) is 0. The van der Waals surface area contributed by atoms with Crippen LogP contribution < -0.4 is 9.47 Å². The lowest BCUT2D eigenvalue weighted by Crippen LogP contribution is -2.04. The summed E-state index contributed by atoms with van der Waals surface area (Å²) in [6.45, 7) is 8.62. The van der Waals surface area contributed by atoms with E-state index in [9.17, 15) is 9.59 Å². The average molecular weight is 400 g/mol. The van der Waals surface area contributed by atoms with E-state index in [-0.39, 0.29) is 0 Å². The van der Waals surface area contributed by atoms with Crippen LogP contribution in [-0.2, 0) is 9.59 Å². The first-order valence-corrected chi connectivity index (χ1v) is 9.16. The summed E-state index contributed by atoms with van der Waals surface area (Å²) >= 11 is 0. The van der Waals surface area contributed by atoms with Crippen molar-refractivity contribution in [1.29, 1.82) is 0 Å². The van der Waals surface area contributed by atoms with Gasteiger partial charge in [-0.05, 0) is 72.7 Å². The summed E-state index contributed by atoms with van der Waals surface area (Å²) < 4.78 is 16.1. The number of hydrogen-bond donors (Lipinski definition) is 0. The number of benzene rings is 2. The van der Waals surface area contributed by atoms with Crippen LogP contribution in [0.25, 0.3) is 23.5 Å². The highest BCUT2D eigenvalue weighted by molar-refractivity contribution is 5.84. The van der Waals surface area contributed by atoms with E-state index in [2.05, 4.69) is 13.2 Å². The number of aryl methyl sites for hydroxylation is 1. The van der Waals surface area contributed by atoms with Gasteiger partial charge in [-0.3, -0.25) is 0 Å². The molecule has 30 heavy (non-hydrogen) atoms. The SMILES string of the molecule is C=CC(=O)Oc1ccc(-c2ccc(/C=C/c3ccc(OC(=O)C=C)c(C)c3)o2)cc1. The zero-order valence-corrected chi connectivity index (χ0v) is 16.5. The normalized spacial score (nSPS) is 10.6. The van der Waals surface area contributed by atoms with Crippen molar-refractivity contribution < 1.29 is 23.5 Å². The molecule has 2 aromatic carbocycles. The number of carbonyl (C=O) groups excluding carboxylic acids is 2. The molecule has 150 valence electrons. The summed E-state index contributed by atoms with van der Waals surface area (Å²) in [7, 11) is 0. The molecule has 0 saturated carbocycles. The van der Waals surface area contributed by atoms with Gasteiger partial charge in [-0.25, -0.2) is 9.59 Å². The highest BCUT2D eigenvalue weighted by Crippen LogP contribution is 2.26. The van der Waals surface area contributed by atoms with Crippen molar-refractivity contribution in [2.75, 3.05) is 0 Å². The van der Waals surface area contributed by atoms with E-state index in [1.54, 1.807) is 18.2 Å². The minimum absolute atomic E-state index is 0.438. The molecule has 0 spiro atoms. The lowest BCUT2D eigenvalue weighted by atomic mass is 10.1. The van der Waals surface area contributed by atoms with E-state index in [4.69, 9.17) is 13.9 Å². The predicted octanol–water partition coefficient (Wildman–Crippen LogP) is 5.61. The molecule has 0 aliphatic heterocycles. The molecule has 0 unspecified atom stereocenters. The molecule has 0 N–H and O–H groups in total. The largest absolute Gasteiger partial charge is 0.457 e. The average Bonchev–Trinajstić information content (AvgIpc) is 3.23. The zero-order chi connectivity index (χ0) is 21.5. The summed E-state index contributed by atoms with van der Waals surface area (Å²) in [4.78, 5) is 22.6. The first kappa shape index (κ1) is 20.6. The van der Waals surface area contributed by atoms with Crippen LogP contribution in [0.4, 0.5) is 0 Å². The maximum Gasteiger partial charge on any atom is 0.335 e. The van der Waals surface area contributed by atoms with Gasteiger partial charge in [0.1, 0.15) is 23.0 Å². The molecule has 1 aromatic heterocycles. The van der Waals surface area contributed by atoms with Crippen LogP contribution in [0.1, 0.15) is 16.9 Å². The van der Waals surface area contributed by atoms with Crippen LogP contribution in [0.15, 0.2) is 84.3 Å². The Balaban J connectivity index is 1.69. The quantitative estimate of drug-likeness (QED) is 0.293. The third kappa shape index (κ3) is 5.23. The molecule has 0 amide bonds. The Hall–Kier alpha value is -4.12. The van der Waals surface area contributed by atoms with Crippen LogP contribution in [-0.4, -0.2) is 11.9 Å². The van der Waals surface area contributed by atoms with Gasteiger partial charge in [0.2, 0.25) is 0 Å². The van der Waals surface area contributed by atoms with Crippen LogP contribution in [0.5, 0.6) is 11.5 Å². The molecule has 0 atom stereocenters. The van der Waals surface area contributed by atoms with Gasteiger partial charge in [0.05, 0.1) is 0 Å². The van der Waals surface area contributed by atoms with Crippen molar-refractivity contribution in [3.8, 4) is 22.8 Å². The van der Waals surface area contributed by atoms with Gasteiger partial charge >= 0.3 is 11.9 Å². The molecular formula is C25H20O5. The maximum atomic E-state index is 11.3. The third-order valence-corrected chi connectivity index (χ3v) is 4.17. The van der Waals surface area contributed by atoms with E-state index < -0.39 is 11.9 Å². The molecular weight excluding hydrogens is 380 g/mol. The molecule has 3 aromatic rings. The van der Waals surface area contributed by atoms with Crippen molar-refractivity contribution in [2.24, 2.45) is 0 Å². The van der Waals surface area contributed by atoms with E-state index in [0.717, 1.165) is 28.8 Å². The van der Waals surface area contributed by atoms with Gasteiger partial charge < -0.3 is 13.9 Å². The molecule has 1 heterocycles. The number of esters is 2.